The third-order valence-corrected chi connectivity index (χ3v) is 3.66. The molecule has 0 aliphatic rings. The lowest BCUT2D eigenvalue weighted by Crippen LogP contribution is -2.52. The first kappa shape index (κ1) is 37.3. The van der Waals surface area contributed by atoms with Gasteiger partial charge in [0.15, 0.2) is 12.2 Å². The molecule has 0 saturated heterocycles. The van der Waals surface area contributed by atoms with Gasteiger partial charge in [-0.05, 0) is 0 Å². The molecule has 0 rings (SSSR count). The fraction of sp³-hybridized carbons (Fsp3) is 0.688. The predicted octanol–water partition coefficient (Wildman–Crippen LogP) is 3.01. The van der Waals surface area contributed by atoms with Gasteiger partial charge in [0.1, 0.15) is 12.7 Å². The van der Waals surface area contributed by atoms with Gasteiger partial charge >= 0.3 is 60.7 Å². The summed E-state index contributed by atoms with van der Waals surface area (Å²) in [5.41, 5.74) is 0. The molecule has 0 spiro atoms. The molecule has 3 atom stereocenters. The van der Waals surface area contributed by atoms with E-state index in [1.54, 1.807) is 0 Å². The van der Waals surface area contributed by atoms with Crippen molar-refractivity contribution in [3.8, 4) is 0 Å². The fourth-order valence-electron chi connectivity index (χ4n) is 2.07. The number of esters is 5. The Hall–Kier alpha value is -3.70. The first-order valence-corrected chi connectivity index (χ1v) is 9.39. The van der Waals surface area contributed by atoms with Crippen LogP contribution >= 0.6 is 0 Å². The van der Waals surface area contributed by atoms with Gasteiger partial charge in [-0.3, -0.25) is 0 Å². The van der Waals surface area contributed by atoms with Crippen molar-refractivity contribution >= 4 is 29.8 Å². The maximum absolute atomic E-state index is 12.7. The van der Waals surface area contributed by atoms with Crippen molar-refractivity contribution < 1.29 is 114 Å². The molecule has 0 aliphatic heterocycles. The largest absolute Gasteiger partial charge is 0.490 e. The summed E-state index contributed by atoms with van der Waals surface area (Å²) < 4.78 is 205. The molecule has 0 aromatic carbocycles. The summed E-state index contributed by atoms with van der Waals surface area (Å²) in [7, 11) is 0. The van der Waals surface area contributed by atoms with Crippen molar-refractivity contribution in [3.05, 3.63) is 0 Å². The fourth-order valence-corrected chi connectivity index (χ4v) is 2.07. The average Bonchev–Trinajstić information content (AvgIpc) is 2.75. The molecule has 0 aromatic rings. The number of rotatable bonds is 10. The highest BCUT2D eigenvalue weighted by Gasteiger charge is 2.52. The summed E-state index contributed by atoms with van der Waals surface area (Å²) in [6.07, 6.45) is -43.3. The Bertz CT molecular complexity index is 961. The average molecular weight is 646 g/mol. The number of hydrogen-bond acceptors (Lipinski definition) is 10. The molecular weight excluding hydrogens is 637 g/mol. The standard InChI is InChI=1S/C16H9F15O10/c17-12(18,19)7(32)37-2-1-4(39-9(34)14(23,24)25)6(41-11(36)16(29,30)31)5(40-10(35)15(26,27)28)3-38-8(33)13(20,21)22/h4-6H,1-3H2/t4-,5-,6+/m1/s1. The molecule has 10 nitrogen and oxygen atoms in total. The molecule has 0 unspecified atom stereocenters. The van der Waals surface area contributed by atoms with Crippen molar-refractivity contribution in [3.63, 3.8) is 0 Å². The normalized spacial score (nSPS) is 15.2. The van der Waals surface area contributed by atoms with E-state index in [2.05, 4.69) is 23.7 Å². The summed E-state index contributed by atoms with van der Waals surface area (Å²) in [6, 6.07) is 0. The quantitative estimate of drug-likeness (QED) is 0.198. The van der Waals surface area contributed by atoms with Gasteiger partial charge in [-0.25, -0.2) is 24.0 Å². The lowest BCUT2D eigenvalue weighted by atomic mass is 10.0. The monoisotopic (exact) mass is 646 g/mol. The van der Waals surface area contributed by atoms with E-state index in [-0.39, 0.29) is 0 Å². The summed E-state index contributed by atoms with van der Waals surface area (Å²) in [6.45, 7) is -4.46. The van der Waals surface area contributed by atoms with Crippen LogP contribution in [0.3, 0.4) is 0 Å². The molecule has 0 radical (unpaired) electrons. The van der Waals surface area contributed by atoms with E-state index in [0.29, 0.717) is 0 Å². The number of alkyl halides is 15. The third-order valence-electron chi connectivity index (χ3n) is 3.66. The van der Waals surface area contributed by atoms with Gasteiger partial charge in [-0.1, -0.05) is 0 Å². The third kappa shape index (κ3) is 13.0. The van der Waals surface area contributed by atoms with Crippen LogP contribution in [-0.2, 0) is 47.7 Å². The Morgan fingerprint density at radius 2 is 0.756 bits per heavy atom. The van der Waals surface area contributed by atoms with E-state index in [1.807, 2.05) is 0 Å². The van der Waals surface area contributed by atoms with Crippen molar-refractivity contribution in [1.29, 1.82) is 0 Å². The minimum absolute atomic E-state index is 1.95. The zero-order valence-corrected chi connectivity index (χ0v) is 18.6. The molecule has 0 N–H and O–H groups in total. The zero-order chi connectivity index (χ0) is 32.8. The van der Waals surface area contributed by atoms with E-state index in [0.717, 1.165) is 0 Å². The Labute approximate surface area is 213 Å². The number of carbonyl (C=O) groups is 5. The molecule has 0 aromatic heterocycles. The Balaban J connectivity index is 6.77. The van der Waals surface area contributed by atoms with Gasteiger partial charge in [0.2, 0.25) is 0 Å². The second-order valence-corrected chi connectivity index (χ2v) is 6.77. The molecular formula is C16H9F15O10. The highest BCUT2D eigenvalue weighted by atomic mass is 19.4. The molecule has 0 bridgehead atoms. The first-order chi connectivity index (χ1) is 18.1. The van der Waals surface area contributed by atoms with Gasteiger partial charge in [0.25, 0.3) is 0 Å². The number of ether oxygens (including phenoxy) is 5. The Morgan fingerprint density at radius 1 is 0.439 bits per heavy atom. The summed E-state index contributed by atoms with van der Waals surface area (Å²) in [4.78, 5) is 55.3. The van der Waals surface area contributed by atoms with Crippen LogP contribution in [0.25, 0.3) is 0 Å². The van der Waals surface area contributed by atoms with Crippen molar-refractivity contribution in [1.82, 2.24) is 0 Å². The highest BCUT2D eigenvalue weighted by molar-refractivity contribution is 5.78. The van der Waals surface area contributed by atoms with Crippen LogP contribution < -0.4 is 0 Å². The van der Waals surface area contributed by atoms with Crippen LogP contribution in [-0.4, -0.2) is 92.3 Å². The second-order valence-electron chi connectivity index (χ2n) is 6.77. The molecule has 238 valence electrons. The topological polar surface area (TPSA) is 132 Å². The molecule has 0 amide bonds. The second kappa shape index (κ2) is 13.3. The lowest BCUT2D eigenvalue weighted by Gasteiger charge is -2.32. The van der Waals surface area contributed by atoms with E-state index >= 15 is 0 Å². The van der Waals surface area contributed by atoms with Crippen molar-refractivity contribution in [2.75, 3.05) is 13.2 Å². The maximum atomic E-state index is 12.7. The van der Waals surface area contributed by atoms with Crippen LogP contribution in [0, 0.1) is 0 Å². The van der Waals surface area contributed by atoms with Gasteiger partial charge in [0, 0.05) is 6.42 Å². The molecule has 0 heterocycles. The molecule has 0 saturated carbocycles. The van der Waals surface area contributed by atoms with E-state index in [4.69, 9.17) is 0 Å². The minimum atomic E-state index is -6.25. The summed E-state index contributed by atoms with van der Waals surface area (Å²) in [5.74, 6) is -17.3. The SMILES string of the molecule is O=C(OCC[C@@H](OC(=O)C(F)(F)F)[C@H](OC(=O)C(F)(F)F)[C@@H](COC(=O)C(F)(F)F)OC(=O)C(F)(F)F)C(F)(F)F. The molecule has 25 heteroatoms. The van der Waals surface area contributed by atoms with E-state index < -0.39 is 98.7 Å². The van der Waals surface area contributed by atoms with Crippen molar-refractivity contribution in [2.45, 2.75) is 55.6 Å². The smallest absolute Gasteiger partial charge is 0.459 e. The van der Waals surface area contributed by atoms with Gasteiger partial charge in [-0.15, -0.1) is 0 Å². The Morgan fingerprint density at radius 3 is 1.12 bits per heavy atom. The van der Waals surface area contributed by atoms with Crippen LogP contribution in [0.2, 0.25) is 0 Å². The number of halogens is 15. The minimum Gasteiger partial charge on any atom is -0.459 e. The van der Waals surface area contributed by atoms with E-state index in [1.165, 1.54) is 0 Å². The predicted molar refractivity (Wildman–Crippen MR) is 86.5 cm³/mol. The van der Waals surface area contributed by atoms with Gasteiger partial charge < -0.3 is 23.7 Å². The number of hydrogen-bond donors (Lipinski definition) is 0. The van der Waals surface area contributed by atoms with E-state index in [9.17, 15) is 89.8 Å². The number of carbonyl (C=O) groups excluding carboxylic acids is 5. The summed E-state index contributed by atoms with van der Waals surface area (Å²) in [5, 5.41) is 0. The maximum Gasteiger partial charge on any atom is 0.490 e. The van der Waals surface area contributed by atoms with Crippen LogP contribution in [0.15, 0.2) is 0 Å². The molecule has 0 fully saturated rings. The van der Waals surface area contributed by atoms with Gasteiger partial charge in [0.05, 0.1) is 6.61 Å². The zero-order valence-electron chi connectivity index (χ0n) is 18.6. The summed E-state index contributed by atoms with van der Waals surface area (Å²) >= 11 is 0. The first-order valence-electron chi connectivity index (χ1n) is 9.39. The van der Waals surface area contributed by atoms with Crippen LogP contribution in [0.4, 0.5) is 65.9 Å². The Kier molecular flexibility index (Phi) is 12.1. The van der Waals surface area contributed by atoms with Crippen LogP contribution in [0.5, 0.6) is 0 Å². The molecule has 0 aliphatic carbocycles. The van der Waals surface area contributed by atoms with Crippen molar-refractivity contribution in [2.24, 2.45) is 0 Å². The van der Waals surface area contributed by atoms with Gasteiger partial charge in [-0.2, -0.15) is 65.9 Å². The molecule has 41 heavy (non-hydrogen) atoms. The highest BCUT2D eigenvalue weighted by Crippen LogP contribution is 2.28. The van der Waals surface area contributed by atoms with Crippen LogP contribution in [0.1, 0.15) is 6.42 Å². The lowest BCUT2D eigenvalue weighted by molar-refractivity contribution is -0.241.